The first kappa shape index (κ1) is 20.5. The van der Waals surface area contributed by atoms with Gasteiger partial charge in [0, 0.05) is 32.6 Å². The van der Waals surface area contributed by atoms with Crippen LogP contribution in [0.25, 0.3) is 11.1 Å². The maximum absolute atomic E-state index is 13.0. The van der Waals surface area contributed by atoms with Crippen molar-refractivity contribution < 1.29 is 14.3 Å². The number of rotatable bonds is 5. The molecule has 5 heteroatoms. The van der Waals surface area contributed by atoms with Gasteiger partial charge in [-0.15, -0.1) is 0 Å². The fourth-order valence-electron chi connectivity index (χ4n) is 4.36. The Kier molecular flexibility index (Phi) is 6.07. The molecular weight excluding hydrogens is 376 g/mol. The fourth-order valence-corrected chi connectivity index (χ4v) is 4.36. The molecule has 2 aliphatic rings. The van der Waals surface area contributed by atoms with Gasteiger partial charge in [0.15, 0.2) is 0 Å². The molecule has 1 unspecified atom stereocenters. The van der Waals surface area contributed by atoms with Gasteiger partial charge in [0.05, 0.1) is 13.0 Å². The minimum atomic E-state index is -0.206. The summed E-state index contributed by atoms with van der Waals surface area (Å²) in [5.41, 5.74) is 3.30. The van der Waals surface area contributed by atoms with Crippen molar-refractivity contribution in [2.24, 2.45) is 11.8 Å². The lowest BCUT2D eigenvalue weighted by Crippen LogP contribution is -2.42. The molecule has 5 nitrogen and oxygen atoms in total. The van der Waals surface area contributed by atoms with E-state index in [9.17, 15) is 9.59 Å². The summed E-state index contributed by atoms with van der Waals surface area (Å²) < 4.78 is 5.35. The van der Waals surface area contributed by atoms with Crippen LogP contribution in [0.5, 0.6) is 5.75 Å². The molecule has 1 saturated carbocycles. The van der Waals surface area contributed by atoms with Crippen LogP contribution in [0.1, 0.15) is 24.8 Å². The molecule has 2 amide bonds. The van der Waals surface area contributed by atoms with Gasteiger partial charge in [-0.3, -0.25) is 9.59 Å². The average molecular weight is 407 g/mol. The van der Waals surface area contributed by atoms with Crippen LogP contribution >= 0.6 is 0 Å². The Bertz CT molecular complexity index is 922. The minimum absolute atomic E-state index is 0.130. The summed E-state index contributed by atoms with van der Waals surface area (Å²) in [5.74, 6) is 1.15. The van der Waals surface area contributed by atoms with E-state index in [1.807, 2.05) is 36.2 Å². The molecule has 2 aromatic carbocycles. The highest BCUT2D eigenvalue weighted by Crippen LogP contribution is 2.30. The highest BCUT2D eigenvalue weighted by atomic mass is 16.5. The summed E-state index contributed by atoms with van der Waals surface area (Å²) in [6.45, 7) is 1.76. The minimum Gasteiger partial charge on any atom is -0.497 e. The molecule has 0 aromatic heterocycles. The smallest absolute Gasteiger partial charge is 0.227 e. The van der Waals surface area contributed by atoms with Crippen LogP contribution in [0.4, 0.5) is 0 Å². The van der Waals surface area contributed by atoms with Crippen molar-refractivity contribution in [1.29, 1.82) is 0 Å². The average Bonchev–Trinajstić information content (AvgIpc) is 2.86. The van der Waals surface area contributed by atoms with Gasteiger partial charge in [0.25, 0.3) is 0 Å². The predicted octanol–water partition coefficient (Wildman–Crippen LogP) is 3.62. The van der Waals surface area contributed by atoms with E-state index < -0.39 is 0 Å². The molecule has 1 aliphatic heterocycles. The van der Waals surface area contributed by atoms with Gasteiger partial charge >= 0.3 is 0 Å². The van der Waals surface area contributed by atoms with Crippen molar-refractivity contribution in [3.05, 3.63) is 54.1 Å². The van der Waals surface area contributed by atoms with E-state index >= 15 is 0 Å². The largest absolute Gasteiger partial charge is 0.497 e. The molecule has 0 bridgehead atoms. The van der Waals surface area contributed by atoms with Gasteiger partial charge in [-0.05, 0) is 48.1 Å². The zero-order valence-corrected chi connectivity index (χ0v) is 17.8. The van der Waals surface area contributed by atoms with Crippen molar-refractivity contribution >= 4 is 11.8 Å². The van der Waals surface area contributed by atoms with Gasteiger partial charge in [0.2, 0.25) is 11.8 Å². The van der Waals surface area contributed by atoms with E-state index in [1.165, 1.54) is 0 Å². The third-order valence-corrected chi connectivity index (χ3v) is 6.45. The molecule has 0 radical (unpaired) electrons. The van der Waals surface area contributed by atoms with Gasteiger partial charge in [-0.2, -0.15) is 0 Å². The molecule has 2 aromatic rings. The molecule has 1 saturated heterocycles. The van der Waals surface area contributed by atoms with Crippen LogP contribution in [-0.4, -0.2) is 55.4 Å². The monoisotopic (exact) mass is 406 g/mol. The van der Waals surface area contributed by atoms with Gasteiger partial charge < -0.3 is 14.5 Å². The number of hydrogen-bond donors (Lipinski definition) is 0. The highest BCUT2D eigenvalue weighted by Gasteiger charge is 2.35. The van der Waals surface area contributed by atoms with Crippen molar-refractivity contribution in [1.82, 2.24) is 9.80 Å². The van der Waals surface area contributed by atoms with Crippen molar-refractivity contribution in [2.45, 2.75) is 25.7 Å². The van der Waals surface area contributed by atoms with Crippen LogP contribution in [0.15, 0.2) is 48.5 Å². The number of carbonyl (C=O) groups is 2. The second-order valence-electron chi connectivity index (χ2n) is 8.51. The number of benzene rings is 2. The first-order chi connectivity index (χ1) is 14.5. The number of hydrogen-bond acceptors (Lipinski definition) is 3. The van der Waals surface area contributed by atoms with E-state index in [1.54, 1.807) is 12.0 Å². The molecule has 4 rings (SSSR count). The van der Waals surface area contributed by atoms with Gasteiger partial charge in [0.1, 0.15) is 5.75 Å². The van der Waals surface area contributed by atoms with E-state index in [0.29, 0.717) is 26.1 Å². The number of likely N-dealkylation sites (N-methyl/N-ethyl adjacent to an activating group) is 1. The third kappa shape index (κ3) is 4.35. The maximum atomic E-state index is 13.0. The van der Waals surface area contributed by atoms with E-state index in [-0.39, 0.29) is 23.7 Å². The summed E-state index contributed by atoms with van der Waals surface area (Å²) in [5, 5.41) is 0. The Morgan fingerprint density at radius 3 is 2.50 bits per heavy atom. The Morgan fingerprint density at radius 2 is 1.80 bits per heavy atom. The Morgan fingerprint density at radius 1 is 1.07 bits per heavy atom. The lowest BCUT2D eigenvalue weighted by atomic mass is 9.84. The second-order valence-corrected chi connectivity index (χ2v) is 8.51. The lowest BCUT2D eigenvalue weighted by Gasteiger charge is -2.31. The Hall–Kier alpha value is -2.82. The summed E-state index contributed by atoms with van der Waals surface area (Å²) in [4.78, 5) is 29.5. The highest BCUT2D eigenvalue weighted by molar-refractivity contribution is 5.83. The van der Waals surface area contributed by atoms with Crippen molar-refractivity contribution in [3.8, 4) is 16.9 Å². The molecule has 1 aliphatic carbocycles. The number of nitrogens with zero attached hydrogens (tertiary/aromatic N) is 2. The first-order valence-corrected chi connectivity index (χ1v) is 10.8. The fraction of sp³-hybridized carbons (Fsp3) is 0.440. The van der Waals surface area contributed by atoms with Crippen LogP contribution in [0, 0.1) is 11.8 Å². The van der Waals surface area contributed by atoms with Crippen molar-refractivity contribution in [2.75, 3.05) is 33.8 Å². The molecule has 0 N–H and O–H groups in total. The van der Waals surface area contributed by atoms with Crippen LogP contribution in [0.3, 0.4) is 0 Å². The standard InChI is InChI=1S/C25H30N2O3/c1-26-12-13-27(25(29)19-7-4-8-19)17-22(24(26)28)15-18-6-3-9-20(14-18)21-10-5-11-23(16-21)30-2/h3,5-6,9-11,14,16,19,22H,4,7-8,12-13,15,17H2,1-2H3. The zero-order valence-electron chi connectivity index (χ0n) is 17.8. The van der Waals surface area contributed by atoms with Crippen molar-refractivity contribution in [3.63, 3.8) is 0 Å². The number of methoxy groups -OCH3 is 1. The number of carbonyl (C=O) groups excluding carboxylic acids is 2. The topological polar surface area (TPSA) is 49.9 Å². The summed E-state index contributed by atoms with van der Waals surface area (Å²) >= 11 is 0. The maximum Gasteiger partial charge on any atom is 0.227 e. The van der Waals surface area contributed by atoms with E-state index in [4.69, 9.17) is 4.74 Å². The molecule has 1 atom stereocenters. The molecule has 158 valence electrons. The van der Waals surface area contributed by atoms with Crippen LogP contribution < -0.4 is 4.74 Å². The van der Waals surface area contributed by atoms with Gasteiger partial charge in [-0.25, -0.2) is 0 Å². The van der Waals surface area contributed by atoms with E-state index in [0.717, 1.165) is 41.7 Å². The Balaban J connectivity index is 1.53. The molecular formula is C25H30N2O3. The number of ether oxygens (including phenoxy) is 1. The molecule has 0 spiro atoms. The van der Waals surface area contributed by atoms with Gasteiger partial charge in [-0.1, -0.05) is 42.8 Å². The quantitative estimate of drug-likeness (QED) is 0.762. The van der Waals surface area contributed by atoms with Crippen LogP contribution in [-0.2, 0) is 16.0 Å². The zero-order chi connectivity index (χ0) is 21.1. The van der Waals surface area contributed by atoms with Crippen LogP contribution in [0.2, 0.25) is 0 Å². The molecule has 1 heterocycles. The Labute approximate surface area is 178 Å². The van der Waals surface area contributed by atoms with E-state index in [2.05, 4.69) is 24.3 Å². The lowest BCUT2D eigenvalue weighted by molar-refractivity contribution is -0.138. The SMILES string of the molecule is COc1cccc(-c2cccc(CC3CN(C(=O)C4CCC4)CCN(C)C3=O)c2)c1. The molecule has 30 heavy (non-hydrogen) atoms. The molecule has 2 fully saturated rings. The summed E-state index contributed by atoms with van der Waals surface area (Å²) in [6.07, 6.45) is 3.76. The first-order valence-electron chi connectivity index (χ1n) is 10.8. The third-order valence-electron chi connectivity index (χ3n) is 6.45. The number of amides is 2. The summed E-state index contributed by atoms with van der Waals surface area (Å²) in [6, 6.07) is 16.3. The summed E-state index contributed by atoms with van der Waals surface area (Å²) in [7, 11) is 3.51. The normalized spacial score (nSPS) is 19.9. The second kappa shape index (κ2) is 8.90. The predicted molar refractivity (Wildman–Crippen MR) is 117 cm³/mol.